The van der Waals surface area contributed by atoms with Crippen molar-refractivity contribution in [3.05, 3.63) is 122 Å². The van der Waals surface area contributed by atoms with Crippen molar-refractivity contribution in [1.82, 2.24) is 4.98 Å². The van der Waals surface area contributed by atoms with Gasteiger partial charge in [-0.2, -0.15) is 0 Å². The molecule has 0 amide bonds. The van der Waals surface area contributed by atoms with Gasteiger partial charge in [-0.15, -0.1) is 0 Å². The molecule has 182 valence electrons. The quantitative estimate of drug-likeness (QED) is 0.0872. The topological polar surface area (TPSA) is 94.8 Å². The van der Waals surface area contributed by atoms with Gasteiger partial charge in [0.25, 0.3) is 0 Å². The number of aliphatic imine (C=N–C) groups is 1. The molecule has 0 atom stereocenters. The van der Waals surface area contributed by atoms with E-state index in [0.29, 0.717) is 32.1 Å². The van der Waals surface area contributed by atoms with Gasteiger partial charge in [0.05, 0.1) is 10.2 Å². The molecule has 3 aromatic carbocycles. The average Bonchev–Trinajstić information content (AvgIpc) is 2.88. The molecule has 1 aromatic heterocycles. The van der Waals surface area contributed by atoms with E-state index < -0.39 is 0 Å². The summed E-state index contributed by atoms with van der Waals surface area (Å²) in [6, 6.07) is 22.6. The molecule has 0 aliphatic carbocycles. The van der Waals surface area contributed by atoms with Gasteiger partial charge in [-0.25, -0.2) is 9.98 Å². The summed E-state index contributed by atoms with van der Waals surface area (Å²) < 4.78 is 1.47. The highest BCUT2D eigenvalue weighted by molar-refractivity contribution is 9.10. The second-order valence-corrected chi connectivity index (χ2v) is 9.34. The number of hydrogen-bond acceptors (Lipinski definition) is 6. The lowest BCUT2D eigenvalue weighted by molar-refractivity contribution is 0.104. The van der Waals surface area contributed by atoms with Gasteiger partial charge in [-0.3, -0.25) is 4.79 Å². The number of pyridine rings is 1. The Hall–Kier alpha value is -3.46. The Morgan fingerprint density at radius 2 is 1.69 bits per heavy atom. The lowest BCUT2D eigenvalue weighted by Crippen LogP contribution is -1.96. The van der Waals surface area contributed by atoms with Crippen molar-refractivity contribution in [2.45, 2.75) is 0 Å². The molecule has 0 unspecified atom stereocenters. The van der Waals surface area contributed by atoms with E-state index >= 15 is 0 Å². The third kappa shape index (κ3) is 8.34. The Balaban J connectivity index is 0.000000202. The van der Waals surface area contributed by atoms with Crippen LogP contribution < -0.4 is 5.32 Å². The zero-order chi connectivity index (χ0) is 25.9. The van der Waals surface area contributed by atoms with Gasteiger partial charge >= 0.3 is 0 Å². The van der Waals surface area contributed by atoms with Crippen molar-refractivity contribution in [3.8, 4) is 11.5 Å². The van der Waals surface area contributed by atoms with Gasteiger partial charge < -0.3 is 15.5 Å². The second-order valence-electron chi connectivity index (χ2n) is 7.14. The first-order valence-corrected chi connectivity index (χ1v) is 12.4. The number of allylic oxidation sites excluding steroid dienone is 1. The molecule has 0 bridgehead atoms. The fraction of sp³-hybridized carbons (Fsp3) is 0. The van der Waals surface area contributed by atoms with Crippen LogP contribution in [0.2, 0.25) is 5.02 Å². The number of benzene rings is 3. The third-order valence-corrected chi connectivity index (χ3v) is 5.90. The zero-order valence-electron chi connectivity index (χ0n) is 18.6. The normalized spacial score (nSPS) is 10.8. The van der Waals surface area contributed by atoms with Crippen LogP contribution in [0.1, 0.15) is 15.9 Å². The van der Waals surface area contributed by atoms with Crippen LogP contribution >= 0.6 is 43.5 Å². The Labute approximate surface area is 230 Å². The Bertz CT molecular complexity index is 1380. The summed E-state index contributed by atoms with van der Waals surface area (Å²) in [5.41, 5.74) is 1.70. The molecule has 6 nitrogen and oxygen atoms in total. The molecule has 36 heavy (non-hydrogen) atoms. The number of aromatic hydroxyl groups is 2. The maximum atomic E-state index is 11.8. The van der Waals surface area contributed by atoms with Crippen LogP contribution in [0.5, 0.6) is 11.5 Å². The van der Waals surface area contributed by atoms with E-state index in [2.05, 4.69) is 47.2 Å². The number of carbonyl (C=O) groups excluding carboxylic acids is 1. The molecule has 0 aliphatic rings. The van der Waals surface area contributed by atoms with Gasteiger partial charge in [0.1, 0.15) is 11.5 Å². The maximum Gasteiger partial charge on any atom is 0.187 e. The van der Waals surface area contributed by atoms with E-state index in [-0.39, 0.29) is 17.3 Å². The number of halogens is 3. The highest BCUT2D eigenvalue weighted by Crippen LogP contribution is 2.30. The van der Waals surface area contributed by atoms with E-state index in [1.165, 1.54) is 18.5 Å². The van der Waals surface area contributed by atoms with Crippen molar-refractivity contribution in [2.75, 3.05) is 5.32 Å². The molecule has 0 aliphatic heterocycles. The minimum absolute atomic E-state index is 0.101. The van der Waals surface area contributed by atoms with E-state index in [1.54, 1.807) is 60.8 Å². The predicted octanol–water partition coefficient (Wildman–Crippen LogP) is 7.92. The fourth-order valence-corrected chi connectivity index (χ4v) is 3.86. The number of hydrogen-bond donors (Lipinski definition) is 3. The summed E-state index contributed by atoms with van der Waals surface area (Å²) in [7, 11) is 0. The summed E-state index contributed by atoms with van der Waals surface area (Å²) in [6.45, 7) is 0. The minimum atomic E-state index is -0.101. The van der Waals surface area contributed by atoms with Gasteiger partial charge in [0.2, 0.25) is 0 Å². The van der Waals surface area contributed by atoms with Gasteiger partial charge in [-0.1, -0.05) is 45.7 Å². The first-order chi connectivity index (χ1) is 17.3. The summed E-state index contributed by atoms with van der Waals surface area (Å²) in [5.74, 6) is 0.718. The number of carbonyl (C=O) groups is 1. The maximum absolute atomic E-state index is 11.8. The highest BCUT2D eigenvalue weighted by atomic mass is 79.9. The summed E-state index contributed by atoms with van der Waals surface area (Å²) in [4.78, 5) is 20.0. The first-order valence-electron chi connectivity index (χ1n) is 10.5. The first kappa shape index (κ1) is 27.1. The van der Waals surface area contributed by atoms with Gasteiger partial charge in [-0.05, 0) is 76.6 Å². The number of rotatable bonds is 6. The molecule has 0 saturated heterocycles. The molecule has 0 saturated carbocycles. The molecule has 9 heteroatoms. The number of nitrogens with zero attached hydrogens (tertiary/aromatic N) is 2. The third-order valence-electron chi connectivity index (χ3n) is 4.55. The van der Waals surface area contributed by atoms with Crippen LogP contribution in [0, 0.1) is 0 Å². The van der Waals surface area contributed by atoms with E-state index in [9.17, 15) is 15.0 Å². The van der Waals surface area contributed by atoms with E-state index in [0.717, 1.165) is 4.47 Å². The molecule has 4 rings (SSSR count). The van der Waals surface area contributed by atoms with E-state index in [4.69, 9.17) is 11.6 Å². The average molecular weight is 630 g/mol. The van der Waals surface area contributed by atoms with Crippen LogP contribution in [0.25, 0.3) is 0 Å². The largest absolute Gasteiger partial charge is 0.506 e. The van der Waals surface area contributed by atoms with Crippen molar-refractivity contribution in [1.29, 1.82) is 0 Å². The summed E-state index contributed by atoms with van der Waals surface area (Å²) in [6.07, 6.45) is 6.11. The molecule has 0 fully saturated rings. The molecular weight excluding hydrogens is 610 g/mol. The Kier molecular flexibility index (Phi) is 10.2. The standard InChI is InChI=1S/C15H12BrNO2.C12H8BrClN2O/c16-12-7-5-11(6-8-12)14(18)9-10-17-13-3-1-2-4-15(13)19;13-10-6-9(14)5-8(12(10)17)7-16-11-3-1-2-4-15-11/h1-10,17,19H;1-7,17H/b10-9+;16-7+. The number of anilines is 1. The number of nitrogens with one attached hydrogen (secondary N) is 1. The van der Waals surface area contributed by atoms with Gasteiger partial charge in [0.15, 0.2) is 11.6 Å². The Morgan fingerprint density at radius 3 is 2.39 bits per heavy atom. The monoisotopic (exact) mass is 627 g/mol. The fourth-order valence-electron chi connectivity index (χ4n) is 2.76. The number of phenols is 2. The summed E-state index contributed by atoms with van der Waals surface area (Å²) in [5, 5.41) is 22.7. The van der Waals surface area contributed by atoms with Crippen LogP contribution in [0.4, 0.5) is 11.5 Å². The summed E-state index contributed by atoms with van der Waals surface area (Å²) >= 11 is 12.4. The number of phenolic OH excluding ortho intramolecular Hbond substituents is 2. The van der Waals surface area contributed by atoms with Crippen LogP contribution in [-0.2, 0) is 0 Å². The minimum Gasteiger partial charge on any atom is -0.506 e. The van der Waals surface area contributed by atoms with Crippen LogP contribution in [0.3, 0.4) is 0 Å². The molecule has 4 aromatic rings. The van der Waals surface area contributed by atoms with Crippen molar-refractivity contribution < 1.29 is 15.0 Å². The molecular formula is C27H20Br2ClN3O3. The van der Waals surface area contributed by atoms with Crippen LogP contribution in [-0.4, -0.2) is 27.2 Å². The van der Waals surface area contributed by atoms with Crippen molar-refractivity contribution in [3.63, 3.8) is 0 Å². The molecule has 0 radical (unpaired) electrons. The van der Waals surface area contributed by atoms with Crippen molar-refractivity contribution in [2.24, 2.45) is 4.99 Å². The highest BCUT2D eigenvalue weighted by Gasteiger charge is 2.05. The molecule has 3 N–H and O–H groups in total. The lowest BCUT2D eigenvalue weighted by Gasteiger charge is -2.02. The predicted molar refractivity (Wildman–Crippen MR) is 152 cm³/mol. The van der Waals surface area contributed by atoms with Crippen LogP contribution in [0.15, 0.2) is 111 Å². The number of aromatic nitrogens is 1. The van der Waals surface area contributed by atoms with Gasteiger partial charge in [0, 0.05) is 45.3 Å². The van der Waals surface area contributed by atoms with E-state index in [1.807, 2.05) is 24.3 Å². The molecule has 1 heterocycles. The number of ketones is 1. The van der Waals surface area contributed by atoms with Crippen molar-refractivity contribution >= 4 is 67.0 Å². The lowest BCUT2D eigenvalue weighted by atomic mass is 10.1. The number of para-hydroxylation sites is 2. The zero-order valence-corrected chi connectivity index (χ0v) is 22.6. The smallest absolute Gasteiger partial charge is 0.187 e. The Morgan fingerprint density at radius 1 is 0.972 bits per heavy atom. The second kappa shape index (κ2) is 13.6. The SMILES string of the molecule is O=C(/C=C/Nc1ccccc1O)c1ccc(Br)cc1.Oc1c(Br)cc(Cl)cc1/C=N/c1ccccn1. The molecule has 0 spiro atoms.